The number of ether oxygens (including phenoxy) is 1. The number of aliphatic hydroxyl groups is 2. The van der Waals surface area contributed by atoms with Gasteiger partial charge in [0.2, 0.25) is 5.91 Å². The predicted molar refractivity (Wildman–Crippen MR) is 260 cm³/mol. The fourth-order valence-electron chi connectivity index (χ4n) is 8.14. The second-order valence-corrected chi connectivity index (χ2v) is 18.2. The quantitative estimate of drug-likeness (QED) is 0.0322. The molecular weight excluding hydrogens is 743 g/mol. The topological polar surface area (TPSA) is 95.9 Å². The minimum absolute atomic E-state index is 0.0158. The van der Waals surface area contributed by atoms with Crippen LogP contribution in [0.2, 0.25) is 0 Å². The van der Waals surface area contributed by atoms with E-state index in [2.05, 4.69) is 43.5 Å². The molecule has 0 saturated carbocycles. The van der Waals surface area contributed by atoms with Gasteiger partial charge in [-0.2, -0.15) is 0 Å². The Bertz CT molecular complexity index is 935. The molecule has 354 valence electrons. The molecule has 0 fully saturated rings. The van der Waals surface area contributed by atoms with Crippen LogP contribution in [0.4, 0.5) is 0 Å². The number of nitrogens with one attached hydrogen (secondary N) is 1. The smallest absolute Gasteiger partial charge is 0.305 e. The average Bonchev–Trinajstić information content (AvgIpc) is 3.25. The van der Waals surface area contributed by atoms with E-state index in [1.54, 1.807) is 0 Å². The number of hydrogen-bond donors (Lipinski definition) is 3. The zero-order chi connectivity index (χ0) is 43.7. The van der Waals surface area contributed by atoms with Gasteiger partial charge in [0, 0.05) is 12.8 Å². The maximum Gasteiger partial charge on any atom is 0.305 e. The molecule has 0 saturated heterocycles. The van der Waals surface area contributed by atoms with E-state index < -0.39 is 12.1 Å². The number of aliphatic hydroxyl groups excluding tert-OH is 2. The van der Waals surface area contributed by atoms with Crippen LogP contribution in [0.5, 0.6) is 0 Å². The highest BCUT2D eigenvalue weighted by Gasteiger charge is 2.20. The van der Waals surface area contributed by atoms with Crippen molar-refractivity contribution in [2.45, 2.75) is 296 Å². The van der Waals surface area contributed by atoms with Crippen molar-refractivity contribution in [3.05, 3.63) is 24.3 Å². The highest BCUT2D eigenvalue weighted by Crippen LogP contribution is 2.16. The molecular formula is C54H103NO5. The van der Waals surface area contributed by atoms with Crippen molar-refractivity contribution in [3.8, 4) is 0 Å². The van der Waals surface area contributed by atoms with Crippen molar-refractivity contribution in [1.29, 1.82) is 0 Å². The fourth-order valence-corrected chi connectivity index (χ4v) is 8.14. The van der Waals surface area contributed by atoms with Crippen LogP contribution in [0.1, 0.15) is 284 Å². The normalized spacial score (nSPS) is 12.8. The van der Waals surface area contributed by atoms with Crippen LogP contribution in [-0.4, -0.2) is 47.4 Å². The molecule has 2 unspecified atom stereocenters. The lowest BCUT2D eigenvalue weighted by atomic mass is 10.0. The average molecular weight is 846 g/mol. The third kappa shape index (κ3) is 45.9. The molecule has 0 aromatic carbocycles. The second kappa shape index (κ2) is 50.0. The van der Waals surface area contributed by atoms with Gasteiger partial charge in [0.1, 0.15) is 0 Å². The zero-order valence-corrected chi connectivity index (χ0v) is 40.2. The van der Waals surface area contributed by atoms with E-state index in [4.69, 9.17) is 4.74 Å². The van der Waals surface area contributed by atoms with Gasteiger partial charge in [0.15, 0.2) is 0 Å². The molecule has 0 bridgehead atoms. The standard InChI is InChI=1S/C54H103NO5/c1-3-5-7-9-11-13-15-16-20-23-27-30-34-38-42-46-52(57)51(50-56)55-53(58)47-43-39-35-31-28-24-21-18-17-19-22-25-29-33-37-41-45-49-60-54(59)48-44-40-36-32-26-14-12-10-8-6-4-2/h17,19,25,29,51-52,56-57H,3-16,18,20-24,26-28,30-50H2,1-2H3,(H,55,58)/b19-17-,29-25-. The van der Waals surface area contributed by atoms with Crippen LogP contribution >= 0.6 is 0 Å². The lowest BCUT2D eigenvalue weighted by molar-refractivity contribution is -0.143. The van der Waals surface area contributed by atoms with E-state index >= 15 is 0 Å². The summed E-state index contributed by atoms with van der Waals surface area (Å²) in [6.45, 7) is 4.91. The largest absolute Gasteiger partial charge is 0.466 e. The Labute approximate surface area is 373 Å². The Morgan fingerprint density at radius 2 is 0.833 bits per heavy atom. The van der Waals surface area contributed by atoms with Crippen molar-refractivity contribution in [1.82, 2.24) is 5.32 Å². The maximum absolute atomic E-state index is 12.4. The van der Waals surface area contributed by atoms with Crippen molar-refractivity contribution < 1.29 is 24.5 Å². The highest BCUT2D eigenvalue weighted by atomic mass is 16.5. The summed E-state index contributed by atoms with van der Waals surface area (Å²) in [6, 6.07) is -0.552. The molecule has 3 N–H and O–H groups in total. The molecule has 1 amide bonds. The van der Waals surface area contributed by atoms with Crippen LogP contribution in [0.3, 0.4) is 0 Å². The van der Waals surface area contributed by atoms with Crippen molar-refractivity contribution >= 4 is 11.9 Å². The van der Waals surface area contributed by atoms with Crippen LogP contribution in [0.25, 0.3) is 0 Å². The number of unbranched alkanes of at least 4 members (excludes halogenated alkanes) is 34. The molecule has 0 aliphatic carbocycles. The first-order chi connectivity index (χ1) is 29.5. The first-order valence-corrected chi connectivity index (χ1v) is 26.6. The van der Waals surface area contributed by atoms with Gasteiger partial charge in [0.05, 0.1) is 25.4 Å². The predicted octanol–water partition coefficient (Wildman–Crippen LogP) is 15.9. The molecule has 0 aromatic heterocycles. The third-order valence-electron chi connectivity index (χ3n) is 12.3. The SMILES string of the molecule is CCCCCCCCCCCCCCCCCC(O)C(CO)NC(=O)CCCCCCCCC/C=C\C/C=C\CCCCCOC(=O)CCCCCCCCCCCCC. The summed E-state index contributed by atoms with van der Waals surface area (Å²) in [4.78, 5) is 24.4. The summed E-state index contributed by atoms with van der Waals surface area (Å²) in [7, 11) is 0. The minimum atomic E-state index is -0.674. The van der Waals surface area contributed by atoms with E-state index in [-0.39, 0.29) is 18.5 Å². The van der Waals surface area contributed by atoms with E-state index in [0.29, 0.717) is 25.9 Å². The Balaban J connectivity index is 3.51. The summed E-state index contributed by atoms with van der Waals surface area (Å²) >= 11 is 0. The molecule has 0 aromatic rings. The Morgan fingerprint density at radius 1 is 0.467 bits per heavy atom. The summed E-state index contributed by atoms with van der Waals surface area (Å²) in [5.41, 5.74) is 0. The Kier molecular flexibility index (Phi) is 48.6. The van der Waals surface area contributed by atoms with Crippen LogP contribution < -0.4 is 5.32 Å². The van der Waals surface area contributed by atoms with E-state index in [0.717, 1.165) is 83.5 Å². The van der Waals surface area contributed by atoms with Gasteiger partial charge in [-0.1, -0.05) is 231 Å². The molecule has 6 nitrogen and oxygen atoms in total. The molecule has 0 radical (unpaired) electrons. The lowest BCUT2D eigenvalue weighted by Crippen LogP contribution is -2.45. The summed E-state index contributed by atoms with van der Waals surface area (Å²) in [5, 5.41) is 23.2. The number of hydrogen-bond acceptors (Lipinski definition) is 5. The molecule has 60 heavy (non-hydrogen) atoms. The molecule has 0 rings (SSSR count). The van der Waals surface area contributed by atoms with Crippen molar-refractivity contribution in [3.63, 3.8) is 0 Å². The third-order valence-corrected chi connectivity index (χ3v) is 12.3. The highest BCUT2D eigenvalue weighted by molar-refractivity contribution is 5.76. The molecule has 0 spiro atoms. The van der Waals surface area contributed by atoms with Gasteiger partial charge in [-0.25, -0.2) is 0 Å². The van der Waals surface area contributed by atoms with Gasteiger partial charge in [-0.3, -0.25) is 9.59 Å². The molecule has 2 atom stereocenters. The van der Waals surface area contributed by atoms with Gasteiger partial charge in [0.25, 0.3) is 0 Å². The molecule has 0 heterocycles. The van der Waals surface area contributed by atoms with E-state index in [9.17, 15) is 19.8 Å². The van der Waals surface area contributed by atoms with Crippen LogP contribution in [-0.2, 0) is 14.3 Å². The number of carbonyl (C=O) groups is 2. The van der Waals surface area contributed by atoms with Gasteiger partial charge in [-0.15, -0.1) is 0 Å². The second-order valence-electron chi connectivity index (χ2n) is 18.2. The van der Waals surface area contributed by atoms with Gasteiger partial charge < -0.3 is 20.3 Å². The van der Waals surface area contributed by atoms with Crippen molar-refractivity contribution in [2.24, 2.45) is 0 Å². The van der Waals surface area contributed by atoms with Crippen LogP contribution in [0.15, 0.2) is 24.3 Å². The fraction of sp³-hybridized carbons (Fsp3) is 0.889. The number of esters is 1. The van der Waals surface area contributed by atoms with Gasteiger partial charge in [-0.05, 0) is 64.2 Å². The van der Waals surface area contributed by atoms with Crippen LogP contribution in [0, 0.1) is 0 Å². The first-order valence-electron chi connectivity index (χ1n) is 26.6. The monoisotopic (exact) mass is 846 g/mol. The summed E-state index contributed by atoms with van der Waals surface area (Å²) in [6.07, 6.45) is 58.7. The molecule has 6 heteroatoms. The number of allylic oxidation sites excluding steroid dienone is 4. The molecule has 0 aliphatic rings. The first kappa shape index (κ1) is 58.3. The summed E-state index contributed by atoms with van der Waals surface area (Å²) in [5.74, 6) is -0.0662. The maximum atomic E-state index is 12.4. The summed E-state index contributed by atoms with van der Waals surface area (Å²) < 4.78 is 5.43. The Hall–Kier alpha value is -1.66. The Morgan fingerprint density at radius 3 is 1.27 bits per heavy atom. The lowest BCUT2D eigenvalue weighted by Gasteiger charge is -2.22. The van der Waals surface area contributed by atoms with E-state index in [1.165, 1.54) is 167 Å². The molecule has 0 aliphatic heterocycles. The number of carbonyl (C=O) groups excluding carboxylic acids is 2. The minimum Gasteiger partial charge on any atom is -0.466 e. The zero-order valence-electron chi connectivity index (χ0n) is 40.2. The van der Waals surface area contributed by atoms with E-state index in [1.807, 2.05) is 0 Å². The number of rotatable bonds is 49. The van der Waals surface area contributed by atoms with Gasteiger partial charge >= 0.3 is 5.97 Å². The number of amides is 1. The van der Waals surface area contributed by atoms with Crippen molar-refractivity contribution in [2.75, 3.05) is 13.2 Å².